The average molecular weight is 395 g/mol. The molecule has 2 aliphatic rings. The number of fused-ring (bicyclic) bond motifs is 1. The highest BCUT2D eigenvalue weighted by Gasteiger charge is 2.39. The largest absolute Gasteiger partial charge is 0.459 e. The summed E-state index contributed by atoms with van der Waals surface area (Å²) in [5.41, 5.74) is 1.84. The third-order valence-electron chi connectivity index (χ3n) is 4.87. The molecule has 2 heterocycles. The Hall–Kier alpha value is -3.18. The van der Waals surface area contributed by atoms with Crippen molar-refractivity contribution in [2.45, 2.75) is 30.4 Å². The number of hydrogen-bond acceptors (Lipinski definition) is 6. The fourth-order valence-corrected chi connectivity index (χ4v) is 4.70. The first-order valence-electron chi connectivity index (χ1n) is 8.86. The molecule has 28 heavy (non-hydrogen) atoms. The molecule has 2 aromatic rings. The van der Waals surface area contributed by atoms with Crippen molar-refractivity contribution in [1.29, 1.82) is 5.26 Å². The second kappa shape index (κ2) is 7.09. The van der Waals surface area contributed by atoms with Gasteiger partial charge in [0.05, 0.1) is 11.6 Å². The second-order valence-electron chi connectivity index (χ2n) is 6.65. The Bertz CT molecular complexity index is 1100. The first-order chi connectivity index (χ1) is 13.5. The maximum Gasteiger partial charge on any atom is 0.329 e. The number of esters is 1. The molecule has 2 aromatic carbocycles. The third-order valence-corrected chi connectivity index (χ3v) is 6.20. The van der Waals surface area contributed by atoms with E-state index in [9.17, 15) is 13.2 Å². The molecule has 0 radical (unpaired) electrons. The molecule has 0 aromatic heterocycles. The molecule has 0 saturated carbocycles. The van der Waals surface area contributed by atoms with E-state index in [1.807, 2.05) is 6.07 Å². The molecular weight excluding hydrogens is 378 g/mol. The summed E-state index contributed by atoms with van der Waals surface area (Å²) in [6.07, 6.45) is 1.32. The van der Waals surface area contributed by atoms with Gasteiger partial charge >= 0.3 is 5.97 Å². The molecule has 0 aliphatic carbocycles. The van der Waals surface area contributed by atoms with Crippen LogP contribution < -0.4 is 0 Å². The summed E-state index contributed by atoms with van der Waals surface area (Å²) in [4.78, 5) is 14.6. The van der Waals surface area contributed by atoms with E-state index in [1.54, 1.807) is 47.4 Å². The zero-order chi connectivity index (χ0) is 19.7. The fraction of sp³-hybridized carbons (Fsp3) is 0.250. The van der Waals surface area contributed by atoms with Crippen molar-refractivity contribution in [3.63, 3.8) is 0 Å². The Morgan fingerprint density at radius 1 is 1.21 bits per heavy atom. The maximum atomic E-state index is 12.7. The first kappa shape index (κ1) is 18.2. The van der Waals surface area contributed by atoms with E-state index >= 15 is 0 Å². The van der Waals surface area contributed by atoms with Crippen LogP contribution in [0.4, 0.5) is 0 Å². The Balaban J connectivity index is 1.51. The number of ether oxygens (including phenoxy) is 1. The summed E-state index contributed by atoms with van der Waals surface area (Å²) in [7, 11) is -3.74. The van der Waals surface area contributed by atoms with Gasteiger partial charge in [-0.3, -0.25) is 0 Å². The Morgan fingerprint density at radius 2 is 1.96 bits per heavy atom. The molecule has 8 heteroatoms. The third kappa shape index (κ3) is 3.25. The average Bonchev–Trinajstić information content (AvgIpc) is 3.29. The number of carbonyl (C=O) groups excluding carboxylic acids is 1. The van der Waals surface area contributed by atoms with Crippen molar-refractivity contribution in [3.8, 4) is 6.07 Å². The number of likely N-dealkylation sites (tertiary alicyclic amines) is 1. The van der Waals surface area contributed by atoms with Crippen molar-refractivity contribution < 1.29 is 17.9 Å². The minimum atomic E-state index is -3.74. The predicted octanol–water partition coefficient (Wildman–Crippen LogP) is 2.21. The molecule has 2 aliphatic heterocycles. The number of sulfonamides is 1. The summed E-state index contributed by atoms with van der Waals surface area (Å²) in [6.45, 7) is 0.634. The Kier molecular flexibility index (Phi) is 4.61. The highest BCUT2D eigenvalue weighted by atomic mass is 32.2. The summed E-state index contributed by atoms with van der Waals surface area (Å²) < 4.78 is 34.0. The lowest BCUT2D eigenvalue weighted by molar-refractivity contribution is -0.149. The van der Waals surface area contributed by atoms with Crippen LogP contribution in [0, 0.1) is 11.3 Å². The van der Waals surface area contributed by atoms with Crippen LogP contribution in [0.1, 0.15) is 29.5 Å². The summed E-state index contributed by atoms with van der Waals surface area (Å²) in [6, 6.07) is 14.9. The predicted molar refractivity (Wildman–Crippen MR) is 101 cm³/mol. The van der Waals surface area contributed by atoms with Gasteiger partial charge in [-0.25, -0.2) is 4.79 Å². The molecule has 0 bridgehead atoms. The molecule has 142 valence electrons. The van der Waals surface area contributed by atoms with E-state index in [1.165, 1.54) is 6.07 Å². The number of amidine groups is 1. The molecule has 7 nitrogen and oxygen atoms in total. The topological polar surface area (TPSA) is 99.8 Å². The summed E-state index contributed by atoms with van der Waals surface area (Å²) in [5.74, 6) is -0.0974. The van der Waals surface area contributed by atoms with Crippen LogP contribution in [0.25, 0.3) is 0 Å². The van der Waals surface area contributed by atoms with Gasteiger partial charge in [-0.15, -0.1) is 4.40 Å². The van der Waals surface area contributed by atoms with Gasteiger partial charge in [0.25, 0.3) is 10.0 Å². The molecule has 1 atom stereocenters. The van der Waals surface area contributed by atoms with Gasteiger partial charge in [0.15, 0.2) is 5.84 Å². The SMILES string of the molecule is N#Cc1ccc(COC(=O)[C@H]2CCCN2C2=NS(=O)(=O)c3ccccc32)cc1. The van der Waals surface area contributed by atoms with Gasteiger partial charge in [0.2, 0.25) is 0 Å². The van der Waals surface area contributed by atoms with Gasteiger partial charge in [0.1, 0.15) is 17.5 Å². The van der Waals surface area contributed by atoms with Crippen molar-refractivity contribution >= 4 is 21.8 Å². The highest BCUT2D eigenvalue weighted by Crippen LogP contribution is 2.31. The second-order valence-corrected chi connectivity index (χ2v) is 8.23. The lowest BCUT2D eigenvalue weighted by atomic mass is 10.1. The quantitative estimate of drug-likeness (QED) is 0.739. The van der Waals surface area contributed by atoms with Crippen molar-refractivity contribution in [1.82, 2.24) is 4.90 Å². The van der Waals surface area contributed by atoms with E-state index in [0.29, 0.717) is 29.9 Å². The van der Waals surface area contributed by atoms with E-state index in [4.69, 9.17) is 10.00 Å². The van der Waals surface area contributed by atoms with Gasteiger partial charge < -0.3 is 9.64 Å². The zero-order valence-corrected chi connectivity index (χ0v) is 15.7. The van der Waals surface area contributed by atoms with Crippen LogP contribution in [0.2, 0.25) is 0 Å². The normalized spacial score (nSPS) is 19.6. The minimum absolute atomic E-state index is 0.0935. The zero-order valence-electron chi connectivity index (χ0n) is 14.9. The van der Waals surface area contributed by atoms with Gasteiger partial charge in [-0.05, 0) is 42.7 Å². The van der Waals surface area contributed by atoms with Crippen LogP contribution in [0.15, 0.2) is 57.8 Å². The molecule has 4 rings (SSSR count). The van der Waals surface area contributed by atoms with Crippen molar-refractivity contribution in [2.24, 2.45) is 4.40 Å². The van der Waals surface area contributed by atoms with Crippen LogP contribution >= 0.6 is 0 Å². The maximum absolute atomic E-state index is 12.7. The highest BCUT2D eigenvalue weighted by molar-refractivity contribution is 7.90. The van der Waals surface area contributed by atoms with Crippen LogP contribution in [0.3, 0.4) is 0 Å². The smallest absolute Gasteiger partial charge is 0.329 e. The lowest BCUT2D eigenvalue weighted by Gasteiger charge is -2.25. The molecule has 0 N–H and O–H groups in total. The van der Waals surface area contributed by atoms with Crippen LogP contribution in [-0.4, -0.2) is 37.7 Å². The standard InChI is InChI=1S/C20H17N3O4S/c21-12-14-7-9-15(10-8-14)13-27-20(24)17-5-3-11-23(17)19-16-4-1-2-6-18(16)28(25,26)22-19/h1-2,4,6-10,17H,3,5,11,13H2/t17-/m1/s1. The monoisotopic (exact) mass is 395 g/mol. The molecule has 0 unspecified atom stereocenters. The minimum Gasteiger partial charge on any atom is -0.459 e. The number of nitrogens with zero attached hydrogens (tertiary/aromatic N) is 3. The fourth-order valence-electron chi connectivity index (χ4n) is 3.49. The molecule has 0 spiro atoms. The molecule has 0 amide bonds. The molecular formula is C20H17N3O4S. The number of benzene rings is 2. The van der Waals surface area contributed by atoms with Crippen molar-refractivity contribution in [3.05, 3.63) is 65.2 Å². The van der Waals surface area contributed by atoms with Gasteiger partial charge in [0, 0.05) is 12.1 Å². The Labute approximate surface area is 162 Å². The number of rotatable bonds is 3. The summed E-state index contributed by atoms with van der Waals surface area (Å²) in [5, 5.41) is 8.83. The van der Waals surface area contributed by atoms with E-state index in [2.05, 4.69) is 4.40 Å². The molecule has 1 fully saturated rings. The lowest BCUT2D eigenvalue weighted by Crippen LogP contribution is -2.41. The number of carbonyl (C=O) groups is 1. The van der Waals surface area contributed by atoms with E-state index in [0.717, 1.165) is 12.0 Å². The molecule has 1 saturated heterocycles. The van der Waals surface area contributed by atoms with E-state index in [-0.39, 0.29) is 11.5 Å². The van der Waals surface area contributed by atoms with Gasteiger partial charge in [-0.2, -0.15) is 13.7 Å². The van der Waals surface area contributed by atoms with E-state index < -0.39 is 22.0 Å². The van der Waals surface area contributed by atoms with Crippen molar-refractivity contribution in [2.75, 3.05) is 6.54 Å². The number of hydrogen-bond donors (Lipinski definition) is 0. The first-order valence-corrected chi connectivity index (χ1v) is 10.3. The number of nitriles is 1. The van der Waals surface area contributed by atoms with Gasteiger partial charge in [-0.1, -0.05) is 24.3 Å². The van der Waals surface area contributed by atoms with Crippen LogP contribution in [0.5, 0.6) is 0 Å². The summed E-state index contributed by atoms with van der Waals surface area (Å²) >= 11 is 0. The van der Waals surface area contributed by atoms with Crippen LogP contribution in [-0.2, 0) is 26.2 Å². The Morgan fingerprint density at radius 3 is 2.71 bits per heavy atom.